The van der Waals surface area contributed by atoms with E-state index in [0.29, 0.717) is 5.69 Å². The monoisotopic (exact) mass is 281 g/mol. The second-order valence-corrected chi connectivity index (χ2v) is 4.18. The van der Waals surface area contributed by atoms with Crippen molar-refractivity contribution in [1.82, 2.24) is 15.0 Å². The molecule has 6 heteroatoms. The van der Waals surface area contributed by atoms with Crippen LogP contribution in [0.3, 0.4) is 0 Å². The van der Waals surface area contributed by atoms with Crippen LogP contribution in [0.5, 0.6) is 0 Å². The zero-order valence-electron chi connectivity index (χ0n) is 8.38. The minimum absolute atomic E-state index is 0.0467. The van der Waals surface area contributed by atoms with Crippen molar-refractivity contribution in [2.24, 2.45) is 0 Å². The van der Waals surface area contributed by atoms with Gasteiger partial charge in [0.2, 0.25) is 0 Å². The van der Waals surface area contributed by atoms with Gasteiger partial charge in [0.1, 0.15) is 0 Å². The van der Waals surface area contributed by atoms with Crippen molar-refractivity contribution in [1.29, 1.82) is 0 Å². The van der Waals surface area contributed by atoms with Crippen molar-refractivity contribution >= 4 is 21.9 Å². The lowest BCUT2D eigenvalue weighted by Gasteiger charge is -2.06. The maximum Gasteiger partial charge on any atom is 0.356 e. The summed E-state index contributed by atoms with van der Waals surface area (Å²) in [6.07, 6.45) is 1.23. The normalized spacial score (nSPS) is 10.4. The molecule has 82 valence electrons. The van der Waals surface area contributed by atoms with Crippen molar-refractivity contribution < 1.29 is 9.90 Å². The maximum absolute atomic E-state index is 10.9. The number of benzene rings is 1. The third kappa shape index (κ3) is 1.83. The fourth-order valence-corrected chi connectivity index (χ4v) is 1.89. The summed E-state index contributed by atoms with van der Waals surface area (Å²) in [5.41, 5.74) is 1.67. The highest BCUT2D eigenvalue weighted by molar-refractivity contribution is 9.10. The number of hydrogen-bond acceptors (Lipinski definition) is 3. The Hall–Kier alpha value is -1.69. The van der Waals surface area contributed by atoms with E-state index >= 15 is 0 Å². The second kappa shape index (κ2) is 4.05. The van der Waals surface area contributed by atoms with E-state index in [4.69, 9.17) is 5.11 Å². The Balaban J connectivity index is 2.59. The minimum Gasteiger partial charge on any atom is -0.476 e. The predicted octanol–water partition coefficient (Wildman–Crippen LogP) is 2.04. The van der Waals surface area contributed by atoms with E-state index in [1.165, 1.54) is 10.9 Å². The van der Waals surface area contributed by atoms with Gasteiger partial charge in [-0.05, 0) is 30.7 Å². The third-order valence-electron chi connectivity index (χ3n) is 2.16. The molecule has 0 fully saturated rings. The maximum atomic E-state index is 10.9. The lowest BCUT2D eigenvalue weighted by molar-refractivity contribution is 0.0687. The minimum atomic E-state index is -1.05. The highest BCUT2D eigenvalue weighted by Crippen LogP contribution is 2.19. The van der Waals surface area contributed by atoms with Crippen LogP contribution >= 0.6 is 15.9 Å². The molecule has 0 bridgehead atoms. The van der Waals surface area contributed by atoms with Crippen LogP contribution in [-0.2, 0) is 0 Å². The lowest BCUT2D eigenvalue weighted by Crippen LogP contribution is -2.09. The van der Waals surface area contributed by atoms with Crippen LogP contribution < -0.4 is 0 Å². The van der Waals surface area contributed by atoms with Gasteiger partial charge in [0.05, 0.1) is 11.9 Å². The van der Waals surface area contributed by atoms with Gasteiger partial charge in [-0.1, -0.05) is 21.1 Å². The van der Waals surface area contributed by atoms with Gasteiger partial charge in [-0.3, -0.25) is 0 Å². The molecular weight excluding hydrogens is 274 g/mol. The number of hydrogen-bond donors (Lipinski definition) is 1. The van der Waals surface area contributed by atoms with E-state index in [2.05, 4.69) is 26.2 Å². The number of carboxylic acid groups (broad SMARTS) is 1. The number of carbonyl (C=O) groups is 1. The van der Waals surface area contributed by atoms with Gasteiger partial charge in [-0.15, -0.1) is 5.10 Å². The smallest absolute Gasteiger partial charge is 0.356 e. The van der Waals surface area contributed by atoms with Crippen LogP contribution in [0, 0.1) is 6.92 Å². The van der Waals surface area contributed by atoms with Gasteiger partial charge in [0, 0.05) is 4.47 Å². The summed E-state index contributed by atoms with van der Waals surface area (Å²) in [6, 6.07) is 5.51. The van der Waals surface area contributed by atoms with E-state index in [1.54, 1.807) is 6.07 Å². The quantitative estimate of drug-likeness (QED) is 0.915. The number of aryl methyl sites for hydroxylation is 1. The molecular formula is C10H8BrN3O2. The summed E-state index contributed by atoms with van der Waals surface area (Å²) < 4.78 is 2.25. The molecule has 1 heterocycles. The first-order valence-electron chi connectivity index (χ1n) is 4.50. The molecule has 0 spiro atoms. The average molecular weight is 282 g/mol. The van der Waals surface area contributed by atoms with Gasteiger partial charge in [-0.25, -0.2) is 9.48 Å². The molecule has 0 aliphatic heterocycles. The third-order valence-corrected chi connectivity index (χ3v) is 2.65. The summed E-state index contributed by atoms with van der Waals surface area (Å²) >= 11 is 3.35. The number of halogens is 1. The summed E-state index contributed by atoms with van der Waals surface area (Å²) in [6.45, 7) is 1.88. The number of rotatable bonds is 2. The van der Waals surface area contributed by atoms with E-state index in [-0.39, 0.29) is 5.69 Å². The standard InChI is InChI=1S/C10H8BrN3O2/c1-6-4-7(11)2-3-8(6)14-9(10(15)16)5-12-13-14/h2-5H,1H3,(H,15,16). The molecule has 5 nitrogen and oxygen atoms in total. The zero-order chi connectivity index (χ0) is 11.7. The molecule has 2 rings (SSSR count). The molecule has 0 saturated carbocycles. The number of carboxylic acids is 1. The molecule has 0 aliphatic carbocycles. The zero-order valence-corrected chi connectivity index (χ0v) is 9.97. The van der Waals surface area contributed by atoms with Gasteiger partial charge in [-0.2, -0.15) is 0 Å². The molecule has 0 unspecified atom stereocenters. The Kier molecular flexibility index (Phi) is 2.74. The summed E-state index contributed by atoms with van der Waals surface area (Å²) in [4.78, 5) is 10.9. The van der Waals surface area contributed by atoms with Crippen LogP contribution in [-0.4, -0.2) is 26.1 Å². The van der Waals surface area contributed by atoms with Crippen molar-refractivity contribution in [3.8, 4) is 5.69 Å². The van der Waals surface area contributed by atoms with E-state index < -0.39 is 5.97 Å². The Bertz CT molecular complexity index is 551. The van der Waals surface area contributed by atoms with Crippen molar-refractivity contribution in [2.45, 2.75) is 6.92 Å². The Morgan fingerprint density at radius 1 is 1.50 bits per heavy atom. The van der Waals surface area contributed by atoms with Crippen molar-refractivity contribution in [3.63, 3.8) is 0 Å². The van der Waals surface area contributed by atoms with Crippen LogP contribution in [0.2, 0.25) is 0 Å². The molecule has 1 N–H and O–H groups in total. The Labute approximate surface area is 99.8 Å². The molecule has 0 saturated heterocycles. The second-order valence-electron chi connectivity index (χ2n) is 3.27. The number of aromatic carboxylic acids is 1. The summed E-state index contributed by atoms with van der Waals surface area (Å²) in [5, 5.41) is 16.3. The molecule has 0 radical (unpaired) electrons. The number of nitrogens with zero attached hydrogens (tertiary/aromatic N) is 3. The van der Waals surface area contributed by atoms with Gasteiger partial charge < -0.3 is 5.11 Å². The first kappa shape index (κ1) is 10.8. The van der Waals surface area contributed by atoms with Gasteiger partial charge >= 0.3 is 5.97 Å². The Morgan fingerprint density at radius 2 is 2.25 bits per heavy atom. The van der Waals surface area contributed by atoms with Gasteiger partial charge in [0.15, 0.2) is 5.69 Å². The predicted molar refractivity (Wildman–Crippen MR) is 60.8 cm³/mol. The van der Waals surface area contributed by atoms with Crippen LogP contribution in [0.1, 0.15) is 16.1 Å². The highest BCUT2D eigenvalue weighted by atomic mass is 79.9. The molecule has 0 atom stereocenters. The van der Waals surface area contributed by atoms with E-state index in [1.807, 2.05) is 19.1 Å². The van der Waals surface area contributed by atoms with E-state index in [0.717, 1.165) is 10.0 Å². The van der Waals surface area contributed by atoms with Crippen molar-refractivity contribution in [3.05, 3.63) is 40.1 Å². The van der Waals surface area contributed by atoms with Crippen LogP contribution in [0.25, 0.3) is 5.69 Å². The molecule has 1 aromatic heterocycles. The Morgan fingerprint density at radius 3 is 2.88 bits per heavy atom. The van der Waals surface area contributed by atoms with Gasteiger partial charge in [0.25, 0.3) is 0 Å². The highest BCUT2D eigenvalue weighted by Gasteiger charge is 2.14. The van der Waals surface area contributed by atoms with Crippen LogP contribution in [0.15, 0.2) is 28.9 Å². The summed E-state index contributed by atoms with van der Waals surface area (Å²) in [7, 11) is 0. The molecule has 16 heavy (non-hydrogen) atoms. The van der Waals surface area contributed by atoms with Crippen molar-refractivity contribution in [2.75, 3.05) is 0 Å². The molecule has 2 aromatic rings. The van der Waals surface area contributed by atoms with Crippen LogP contribution in [0.4, 0.5) is 0 Å². The largest absolute Gasteiger partial charge is 0.476 e. The van der Waals surface area contributed by atoms with E-state index in [9.17, 15) is 4.79 Å². The molecule has 0 amide bonds. The number of aromatic nitrogens is 3. The topological polar surface area (TPSA) is 68.0 Å². The molecule has 0 aliphatic rings. The fraction of sp³-hybridized carbons (Fsp3) is 0.100. The fourth-order valence-electron chi connectivity index (χ4n) is 1.42. The summed E-state index contributed by atoms with van der Waals surface area (Å²) in [5.74, 6) is -1.05. The average Bonchev–Trinajstić information content (AvgIpc) is 2.66. The first-order chi connectivity index (χ1) is 7.59. The molecule has 1 aromatic carbocycles. The lowest BCUT2D eigenvalue weighted by atomic mass is 10.2. The SMILES string of the molecule is Cc1cc(Br)ccc1-n1nncc1C(=O)O. The first-order valence-corrected chi connectivity index (χ1v) is 5.29.